The number of amides is 2. The van der Waals surface area contributed by atoms with Crippen LogP contribution in [0.25, 0.3) is 0 Å². The number of allylic oxidation sites excluding steroid dienone is 1. The summed E-state index contributed by atoms with van der Waals surface area (Å²) < 4.78 is 11.6. The molecule has 3 aliphatic heterocycles. The molecule has 0 bridgehead atoms. The highest BCUT2D eigenvalue weighted by atomic mass is 16.5. The fourth-order valence-corrected chi connectivity index (χ4v) is 5.70. The first-order valence-corrected chi connectivity index (χ1v) is 14.1. The number of hydrogen-bond donors (Lipinski definition) is 1. The maximum absolute atomic E-state index is 13.7. The summed E-state index contributed by atoms with van der Waals surface area (Å²) in [5.74, 6) is 0.870. The highest BCUT2D eigenvalue weighted by Gasteiger charge is 2.30. The van der Waals surface area contributed by atoms with Crippen LogP contribution in [0.4, 0.5) is 0 Å². The molecule has 1 fully saturated rings. The lowest BCUT2D eigenvalue weighted by Crippen LogP contribution is -2.37. The Morgan fingerprint density at radius 2 is 1.75 bits per heavy atom. The third kappa shape index (κ3) is 5.05. The minimum absolute atomic E-state index is 0.000560. The normalized spacial score (nSPS) is 19.9. The number of H-pyrrole nitrogens is 1. The van der Waals surface area contributed by atoms with Crippen molar-refractivity contribution >= 4 is 11.8 Å². The van der Waals surface area contributed by atoms with Crippen LogP contribution in [-0.2, 0) is 30.7 Å². The highest BCUT2D eigenvalue weighted by Crippen LogP contribution is 2.40. The first-order chi connectivity index (χ1) is 19.6. The van der Waals surface area contributed by atoms with Crippen molar-refractivity contribution < 1.29 is 19.1 Å². The molecule has 2 amide bonds. The minimum Gasteiger partial charge on any atom is -0.495 e. The third-order valence-corrected chi connectivity index (χ3v) is 8.21. The zero-order chi connectivity index (χ0) is 27.1. The van der Waals surface area contributed by atoms with Gasteiger partial charge in [-0.05, 0) is 67.5 Å². The number of nitrogens with one attached hydrogen (secondary N) is 1. The van der Waals surface area contributed by atoms with E-state index in [1.807, 2.05) is 40.1 Å². The molecule has 1 atom stereocenters. The van der Waals surface area contributed by atoms with Crippen molar-refractivity contribution in [1.29, 1.82) is 0 Å². The third-order valence-electron chi connectivity index (χ3n) is 8.21. The topological polar surface area (TPSA) is 114 Å². The van der Waals surface area contributed by atoms with Crippen molar-refractivity contribution in [2.75, 3.05) is 19.7 Å². The molecule has 40 heavy (non-hydrogen) atoms. The summed E-state index contributed by atoms with van der Waals surface area (Å²) in [6, 6.07) is 9.55. The second-order valence-corrected chi connectivity index (χ2v) is 11.1. The van der Waals surface area contributed by atoms with Crippen molar-refractivity contribution in [3.05, 3.63) is 82.0 Å². The Kier molecular flexibility index (Phi) is 6.45. The van der Waals surface area contributed by atoms with Gasteiger partial charge in [-0.15, -0.1) is 0 Å². The van der Waals surface area contributed by atoms with Gasteiger partial charge in [0.15, 0.2) is 0 Å². The molecule has 4 aliphatic rings. The van der Waals surface area contributed by atoms with Gasteiger partial charge in [0.2, 0.25) is 5.88 Å². The molecule has 10 nitrogen and oxygen atoms in total. The van der Waals surface area contributed by atoms with Crippen LogP contribution in [0, 0.1) is 0 Å². The number of benzene rings is 1. The zero-order valence-corrected chi connectivity index (χ0v) is 22.3. The molecule has 5 heterocycles. The van der Waals surface area contributed by atoms with Gasteiger partial charge in [-0.1, -0.05) is 6.07 Å². The fraction of sp³-hybridized carbons (Fsp3) is 0.433. The molecule has 0 spiro atoms. The molecule has 0 radical (unpaired) electrons. The van der Waals surface area contributed by atoms with Gasteiger partial charge in [0.25, 0.3) is 11.8 Å². The van der Waals surface area contributed by atoms with Gasteiger partial charge < -0.3 is 19.3 Å². The average molecular weight is 541 g/mol. The summed E-state index contributed by atoms with van der Waals surface area (Å²) in [6.07, 6.45) is 9.21. The average Bonchev–Trinajstić information content (AvgIpc) is 3.76. The van der Waals surface area contributed by atoms with Crippen LogP contribution in [0.1, 0.15) is 80.5 Å². The van der Waals surface area contributed by atoms with Gasteiger partial charge in [0.05, 0.1) is 18.5 Å². The maximum atomic E-state index is 13.7. The quantitative estimate of drug-likeness (QED) is 0.509. The lowest BCUT2D eigenvalue weighted by molar-refractivity contribution is 0.0702. The van der Waals surface area contributed by atoms with E-state index in [-0.39, 0.29) is 17.9 Å². The van der Waals surface area contributed by atoms with Gasteiger partial charge in [-0.3, -0.25) is 9.59 Å². The number of pyridine rings is 1. The molecule has 1 N–H and O–H groups in total. The zero-order valence-electron chi connectivity index (χ0n) is 22.3. The predicted molar refractivity (Wildman–Crippen MR) is 145 cm³/mol. The van der Waals surface area contributed by atoms with E-state index in [0.717, 1.165) is 53.9 Å². The monoisotopic (exact) mass is 540 g/mol. The van der Waals surface area contributed by atoms with Crippen LogP contribution >= 0.6 is 0 Å². The van der Waals surface area contributed by atoms with Gasteiger partial charge >= 0.3 is 0 Å². The molecule has 1 aromatic carbocycles. The van der Waals surface area contributed by atoms with E-state index in [1.165, 1.54) is 0 Å². The van der Waals surface area contributed by atoms with Crippen LogP contribution in [-0.4, -0.2) is 67.8 Å². The molecule has 3 aromatic rings. The smallest absolute Gasteiger partial charge is 0.254 e. The van der Waals surface area contributed by atoms with E-state index in [9.17, 15) is 9.59 Å². The van der Waals surface area contributed by atoms with Gasteiger partial charge in [0.1, 0.15) is 18.4 Å². The van der Waals surface area contributed by atoms with Crippen molar-refractivity contribution in [1.82, 2.24) is 30.2 Å². The Bertz CT molecular complexity index is 1480. The molecule has 1 aliphatic carbocycles. The van der Waals surface area contributed by atoms with Crippen molar-refractivity contribution in [3.8, 4) is 5.88 Å². The van der Waals surface area contributed by atoms with E-state index >= 15 is 0 Å². The standard InChI is InChI=1S/C30H32N6O4/c37-29(36-11-9-25-27(17-36)33-34-32-25)21-6-7-22-16-35(10-8-20(22)13-21)30(38)23-14-26(19-4-5-19)31-28(15-23)40-18-24-3-1-2-12-39-24/h2,6-7,12-15,19,24H,1,3-5,8-11,16-18H2,(H,32,33,34). The van der Waals surface area contributed by atoms with Crippen molar-refractivity contribution in [3.63, 3.8) is 0 Å². The Hall–Kier alpha value is -4.21. The summed E-state index contributed by atoms with van der Waals surface area (Å²) in [6.45, 7) is 2.61. The second-order valence-electron chi connectivity index (χ2n) is 11.1. The van der Waals surface area contributed by atoms with Crippen LogP contribution in [0.3, 0.4) is 0 Å². The number of aromatic nitrogens is 4. The Balaban J connectivity index is 1.04. The molecule has 1 saturated carbocycles. The lowest BCUT2D eigenvalue weighted by atomic mass is 9.96. The maximum Gasteiger partial charge on any atom is 0.254 e. The number of fused-ring (bicyclic) bond motifs is 2. The van der Waals surface area contributed by atoms with E-state index in [4.69, 9.17) is 14.5 Å². The summed E-state index contributed by atoms with van der Waals surface area (Å²) in [7, 11) is 0. The minimum atomic E-state index is -0.0199. The van der Waals surface area contributed by atoms with Crippen molar-refractivity contribution in [2.45, 2.75) is 63.6 Å². The fourth-order valence-electron chi connectivity index (χ4n) is 5.70. The summed E-state index contributed by atoms with van der Waals surface area (Å²) in [4.78, 5) is 35.3. The first kappa shape index (κ1) is 24.8. The second kappa shape index (κ2) is 10.4. The number of rotatable bonds is 6. The van der Waals surface area contributed by atoms with E-state index in [2.05, 4.69) is 15.4 Å². The highest BCUT2D eigenvalue weighted by molar-refractivity contribution is 5.96. The lowest BCUT2D eigenvalue weighted by Gasteiger charge is -2.30. The van der Waals surface area contributed by atoms with Crippen LogP contribution in [0.15, 0.2) is 42.7 Å². The summed E-state index contributed by atoms with van der Waals surface area (Å²) in [5.41, 5.74) is 6.18. The van der Waals surface area contributed by atoms with Crippen LogP contribution < -0.4 is 4.74 Å². The van der Waals surface area contributed by atoms with Gasteiger partial charge in [0, 0.05) is 54.9 Å². The molecule has 0 saturated heterocycles. The van der Waals surface area contributed by atoms with Crippen LogP contribution in [0.5, 0.6) is 5.88 Å². The van der Waals surface area contributed by atoms with Gasteiger partial charge in [-0.2, -0.15) is 15.4 Å². The van der Waals surface area contributed by atoms with Crippen molar-refractivity contribution in [2.24, 2.45) is 0 Å². The largest absolute Gasteiger partial charge is 0.495 e. The number of ether oxygens (including phenoxy) is 2. The van der Waals surface area contributed by atoms with E-state index < -0.39 is 0 Å². The molecule has 10 heteroatoms. The summed E-state index contributed by atoms with van der Waals surface area (Å²) >= 11 is 0. The molecule has 1 unspecified atom stereocenters. The molecular formula is C30H32N6O4. The van der Waals surface area contributed by atoms with E-state index in [1.54, 1.807) is 12.3 Å². The van der Waals surface area contributed by atoms with Crippen LogP contribution in [0.2, 0.25) is 0 Å². The Labute approximate surface area is 232 Å². The molecule has 2 aromatic heterocycles. The molecular weight excluding hydrogens is 508 g/mol. The number of hydrogen-bond acceptors (Lipinski definition) is 7. The number of nitrogens with zero attached hydrogens (tertiary/aromatic N) is 5. The summed E-state index contributed by atoms with van der Waals surface area (Å²) in [5, 5.41) is 11.0. The first-order valence-electron chi connectivity index (χ1n) is 14.1. The molecule has 206 valence electrons. The predicted octanol–water partition coefficient (Wildman–Crippen LogP) is 3.55. The number of carbonyl (C=O) groups is 2. The number of carbonyl (C=O) groups excluding carboxylic acids is 2. The Morgan fingerprint density at radius 3 is 2.60 bits per heavy atom. The molecule has 7 rings (SSSR count). The Morgan fingerprint density at radius 1 is 0.925 bits per heavy atom. The SMILES string of the molecule is O=C(c1cc(OCC2CCC=CO2)nc(C2CC2)c1)N1CCc2cc(C(=O)N3CCc4n[nH]nc4C3)ccc2C1. The van der Waals surface area contributed by atoms with Gasteiger partial charge in [-0.25, -0.2) is 4.98 Å². The van der Waals surface area contributed by atoms with E-state index in [0.29, 0.717) is 68.6 Å². The number of aromatic amines is 1.